The van der Waals surface area contributed by atoms with Crippen LogP contribution < -0.4 is 4.74 Å². The number of methoxy groups -OCH3 is 1. The Kier molecular flexibility index (Phi) is 4.27. The highest BCUT2D eigenvalue weighted by Gasteiger charge is 2.42. The molecule has 8 nitrogen and oxygen atoms in total. The molecule has 12 heteroatoms. The van der Waals surface area contributed by atoms with E-state index in [-0.39, 0.29) is 0 Å². The second-order valence-corrected chi connectivity index (χ2v) is 4.67. The molecule has 0 spiro atoms. The number of nitro benzene ring substituents is 2. The Bertz CT molecular complexity index is 603. The van der Waals surface area contributed by atoms with Crippen LogP contribution in [0.1, 0.15) is 0 Å². The van der Waals surface area contributed by atoms with Crippen LogP contribution in [0.5, 0.6) is 5.75 Å². The van der Waals surface area contributed by atoms with Gasteiger partial charge in [-0.1, -0.05) is 0 Å². The maximum atomic E-state index is 12.4. The molecular weight excluding hydrogens is 309 g/mol. The fourth-order valence-electron chi connectivity index (χ4n) is 1.28. The second kappa shape index (κ2) is 5.40. The fraction of sp³-hybridized carbons (Fsp3) is 0.250. The van der Waals surface area contributed by atoms with E-state index in [1.54, 1.807) is 0 Å². The molecule has 20 heavy (non-hydrogen) atoms. The Balaban J connectivity index is 3.68. The first-order valence-electron chi connectivity index (χ1n) is 4.59. The molecule has 0 aliphatic carbocycles. The summed E-state index contributed by atoms with van der Waals surface area (Å²) in [6, 6.07) is 0.755. The maximum absolute atomic E-state index is 12.4. The molecule has 0 N–H and O–H groups in total. The van der Waals surface area contributed by atoms with Crippen LogP contribution in [0.25, 0.3) is 0 Å². The highest BCUT2D eigenvalue weighted by molar-refractivity contribution is 7.86. The lowest BCUT2D eigenvalue weighted by Crippen LogP contribution is -2.17. The summed E-state index contributed by atoms with van der Waals surface area (Å²) in [5.74, 6) is -0.934. The predicted octanol–water partition coefficient (Wildman–Crippen LogP) is 2.14. The van der Waals surface area contributed by atoms with Gasteiger partial charge in [-0.05, 0) is 0 Å². The molecule has 0 saturated heterocycles. The van der Waals surface area contributed by atoms with Crippen molar-refractivity contribution < 1.29 is 32.0 Å². The first kappa shape index (κ1) is 15.8. The second-order valence-electron chi connectivity index (χ2n) is 3.22. The molecule has 0 unspecified atom stereocenters. The Hall–Kier alpha value is -2.24. The van der Waals surface area contributed by atoms with E-state index in [4.69, 9.17) is 0 Å². The van der Waals surface area contributed by atoms with Crippen molar-refractivity contribution in [3.05, 3.63) is 32.4 Å². The minimum Gasteiger partial charge on any atom is -0.489 e. The zero-order chi connectivity index (χ0) is 15.7. The maximum Gasteiger partial charge on any atom is 0.476 e. The van der Waals surface area contributed by atoms with Crippen LogP contribution in [-0.2, 0) is 10.8 Å². The lowest BCUT2D eigenvalue weighted by molar-refractivity contribution is -0.395. The molecular formula is C8H5F3N2O6S. The largest absolute Gasteiger partial charge is 0.489 e. The summed E-state index contributed by atoms with van der Waals surface area (Å²) in [5, 5.41) is 21.3. The number of alkyl halides is 3. The van der Waals surface area contributed by atoms with E-state index in [0.29, 0.717) is 12.1 Å². The van der Waals surface area contributed by atoms with Crippen molar-refractivity contribution in [2.45, 2.75) is 10.4 Å². The zero-order valence-electron chi connectivity index (χ0n) is 9.54. The minimum absolute atomic E-state index is 0.329. The number of nitro groups is 2. The molecule has 0 amide bonds. The van der Waals surface area contributed by atoms with E-state index in [9.17, 15) is 37.6 Å². The van der Waals surface area contributed by atoms with Crippen LogP contribution in [0.15, 0.2) is 17.0 Å². The first-order chi connectivity index (χ1) is 9.09. The molecule has 1 rings (SSSR count). The molecule has 110 valence electrons. The van der Waals surface area contributed by atoms with Gasteiger partial charge >= 0.3 is 11.2 Å². The van der Waals surface area contributed by atoms with Gasteiger partial charge in [-0.25, -0.2) is 4.21 Å². The molecule has 1 aromatic rings. The number of halogens is 3. The van der Waals surface area contributed by atoms with Gasteiger partial charge in [0.15, 0.2) is 10.8 Å². The number of hydrogen-bond acceptors (Lipinski definition) is 6. The van der Waals surface area contributed by atoms with E-state index in [1.807, 2.05) is 0 Å². The SMILES string of the molecule is COc1c([N+](=O)[O-])cc([N+](=O)[O-])cc1[S@](=O)C(F)(F)F. The van der Waals surface area contributed by atoms with Crippen LogP contribution >= 0.6 is 0 Å². The Labute approximate surface area is 110 Å². The smallest absolute Gasteiger partial charge is 0.476 e. The molecule has 0 bridgehead atoms. The van der Waals surface area contributed by atoms with Crippen molar-refractivity contribution in [2.75, 3.05) is 7.11 Å². The van der Waals surface area contributed by atoms with E-state index in [1.165, 1.54) is 0 Å². The normalized spacial score (nSPS) is 12.8. The van der Waals surface area contributed by atoms with Crippen LogP contribution in [0.3, 0.4) is 0 Å². The van der Waals surface area contributed by atoms with Crippen LogP contribution in [0.4, 0.5) is 24.5 Å². The minimum atomic E-state index is -5.24. The third kappa shape index (κ3) is 3.01. The Morgan fingerprint density at radius 3 is 2.10 bits per heavy atom. The van der Waals surface area contributed by atoms with E-state index >= 15 is 0 Å². The fourth-order valence-corrected chi connectivity index (χ4v) is 2.12. The molecule has 0 heterocycles. The van der Waals surface area contributed by atoms with E-state index in [0.717, 1.165) is 7.11 Å². The molecule has 0 aliphatic rings. The Morgan fingerprint density at radius 1 is 1.20 bits per heavy atom. The van der Waals surface area contributed by atoms with Crippen molar-refractivity contribution in [1.82, 2.24) is 0 Å². The summed E-state index contributed by atoms with van der Waals surface area (Å²) >= 11 is 0. The van der Waals surface area contributed by atoms with Gasteiger partial charge < -0.3 is 4.74 Å². The van der Waals surface area contributed by atoms with Gasteiger partial charge in [0.2, 0.25) is 5.75 Å². The molecule has 0 saturated carbocycles. The standard InChI is InChI=1S/C8H5F3N2O6S/c1-19-7-5(13(16)17)2-4(12(14)15)3-6(7)20(18)8(9,10)11/h2-3H,1H3/t20-/m0/s1. The lowest BCUT2D eigenvalue weighted by Gasteiger charge is -2.10. The molecule has 0 aliphatic heterocycles. The number of non-ortho nitro benzene ring substituents is 1. The van der Waals surface area contributed by atoms with Gasteiger partial charge in [0.1, 0.15) is 4.90 Å². The highest BCUT2D eigenvalue weighted by atomic mass is 32.2. The van der Waals surface area contributed by atoms with Crippen LogP contribution in [-0.4, -0.2) is 26.7 Å². The van der Waals surface area contributed by atoms with Crippen molar-refractivity contribution in [3.63, 3.8) is 0 Å². The number of nitrogens with zero attached hydrogens (tertiary/aromatic N) is 2. The van der Waals surface area contributed by atoms with E-state index in [2.05, 4.69) is 4.74 Å². The third-order valence-corrected chi connectivity index (χ3v) is 3.16. The molecule has 1 atom stereocenters. The van der Waals surface area contributed by atoms with Gasteiger partial charge in [-0.2, -0.15) is 13.2 Å². The zero-order valence-corrected chi connectivity index (χ0v) is 10.4. The van der Waals surface area contributed by atoms with Gasteiger partial charge in [-0.3, -0.25) is 20.2 Å². The summed E-state index contributed by atoms with van der Waals surface area (Å²) in [6.07, 6.45) is 0. The molecule has 0 fully saturated rings. The molecule has 1 aromatic carbocycles. The van der Waals surface area contributed by atoms with E-state index < -0.39 is 48.2 Å². The quantitative estimate of drug-likeness (QED) is 0.621. The summed E-state index contributed by atoms with van der Waals surface area (Å²) in [4.78, 5) is 17.8. The van der Waals surface area contributed by atoms with Gasteiger partial charge in [-0.15, -0.1) is 0 Å². The van der Waals surface area contributed by atoms with Gasteiger partial charge in [0.25, 0.3) is 5.69 Å². The lowest BCUT2D eigenvalue weighted by atomic mass is 10.2. The Morgan fingerprint density at radius 2 is 1.75 bits per heavy atom. The van der Waals surface area contributed by atoms with Gasteiger partial charge in [0.05, 0.1) is 23.0 Å². The highest BCUT2D eigenvalue weighted by Crippen LogP contribution is 2.40. The molecule has 0 aromatic heterocycles. The molecule has 0 radical (unpaired) electrons. The topological polar surface area (TPSA) is 113 Å². The monoisotopic (exact) mass is 314 g/mol. The summed E-state index contributed by atoms with van der Waals surface area (Å²) in [5.41, 5.74) is -7.31. The van der Waals surface area contributed by atoms with Crippen molar-refractivity contribution >= 4 is 22.2 Å². The number of rotatable bonds is 4. The van der Waals surface area contributed by atoms with Crippen molar-refractivity contribution in [1.29, 1.82) is 0 Å². The number of benzene rings is 1. The van der Waals surface area contributed by atoms with Crippen LogP contribution in [0.2, 0.25) is 0 Å². The summed E-state index contributed by atoms with van der Waals surface area (Å²) in [7, 11) is -2.88. The van der Waals surface area contributed by atoms with Gasteiger partial charge in [0, 0.05) is 6.07 Å². The number of hydrogen-bond donors (Lipinski definition) is 0. The average molecular weight is 314 g/mol. The summed E-state index contributed by atoms with van der Waals surface area (Å²) < 4.78 is 53.0. The van der Waals surface area contributed by atoms with Crippen LogP contribution in [0, 0.1) is 20.2 Å². The van der Waals surface area contributed by atoms with Crippen molar-refractivity contribution in [2.24, 2.45) is 0 Å². The van der Waals surface area contributed by atoms with Crippen molar-refractivity contribution in [3.8, 4) is 5.75 Å². The third-order valence-electron chi connectivity index (χ3n) is 2.04. The first-order valence-corrected chi connectivity index (χ1v) is 5.74. The number of ether oxygens (including phenoxy) is 1. The summed E-state index contributed by atoms with van der Waals surface area (Å²) in [6.45, 7) is 0. The predicted molar refractivity (Wildman–Crippen MR) is 58.8 cm³/mol. The average Bonchev–Trinajstić information content (AvgIpc) is 2.34.